The molecule has 0 bridgehead atoms. The topological polar surface area (TPSA) is 34.1 Å². The van der Waals surface area contributed by atoms with Crippen LogP contribution in [0.1, 0.15) is 15.6 Å². The zero-order valence-corrected chi connectivity index (χ0v) is 9.46. The molecule has 0 unspecified atom stereocenters. The van der Waals surface area contributed by atoms with Crippen molar-refractivity contribution in [1.82, 2.24) is 0 Å². The minimum atomic E-state index is -0.648. The SMILES string of the molecule is [3H]C1=CC(=O)C(CCC[N+](C)(C)C)=C([3H])C1=O. The Balaban J connectivity index is 2.71. The van der Waals surface area contributed by atoms with Crippen molar-refractivity contribution < 1.29 is 16.8 Å². The van der Waals surface area contributed by atoms with Gasteiger partial charge in [-0.3, -0.25) is 9.59 Å². The van der Waals surface area contributed by atoms with Crippen LogP contribution in [0.25, 0.3) is 0 Å². The molecule has 0 atom stereocenters. The summed E-state index contributed by atoms with van der Waals surface area (Å²) in [6, 6.07) is -0.681. The Morgan fingerprint density at radius 2 is 2.00 bits per heavy atom. The average molecular weight is 212 g/mol. The Morgan fingerprint density at radius 3 is 2.60 bits per heavy atom. The molecule has 1 aliphatic carbocycles. The van der Waals surface area contributed by atoms with Crippen LogP contribution in [0.15, 0.2) is 23.8 Å². The Hall–Kier alpha value is -1.22. The van der Waals surface area contributed by atoms with Crippen LogP contribution in [0, 0.1) is 0 Å². The number of hydrogen-bond donors (Lipinski definition) is 0. The maximum atomic E-state index is 11.6. The highest BCUT2D eigenvalue weighted by Crippen LogP contribution is 2.12. The van der Waals surface area contributed by atoms with E-state index in [9.17, 15) is 9.59 Å². The quantitative estimate of drug-likeness (QED) is 0.516. The molecule has 1 aliphatic rings. The summed E-state index contributed by atoms with van der Waals surface area (Å²) < 4.78 is 15.6. The fourth-order valence-corrected chi connectivity index (χ4v) is 1.37. The van der Waals surface area contributed by atoms with Gasteiger partial charge in [-0.25, -0.2) is 0 Å². The van der Waals surface area contributed by atoms with E-state index in [1.165, 1.54) is 0 Å². The Labute approximate surface area is 93.5 Å². The molecule has 3 nitrogen and oxygen atoms in total. The number of carbonyl (C=O) groups is 2. The Bertz CT molecular complexity index is 417. The predicted molar refractivity (Wildman–Crippen MR) is 59.4 cm³/mol. The normalized spacial score (nSPS) is 20.1. The minimum Gasteiger partial charge on any atom is -0.331 e. The first kappa shape index (κ1) is 9.04. The molecule has 0 amide bonds. The van der Waals surface area contributed by atoms with Crippen LogP contribution in [0.2, 0.25) is 0 Å². The lowest BCUT2D eigenvalue weighted by molar-refractivity contribution is -0.870. The van der Waals surface area contributed by atoms with Gasteiger partial charge in [-0.15, -0.1) is 0 Å². The van der Waals surface area contributed by atoms with Gasteiger partial charge in [0.05, 0.1) is 30.4 Å². The second-order valence-electron chi connectivity index (χ2n) is 4.70. The van der Waals surface area contributed by atoms with Crippen LogP contribution in [-0.4, -0.2) is 43.7 Å². The summed E-state index contributed by atoms with van der Waals surface area (Å²) in [4.78, 5) is 23.0. The van der Waals surface area contributed by atoms with Crippen molar-refractivity contribution in [2.45, 2.75) is 12.8 Å². The summed E-state index contributed by atoms with van der Waals surface area (Å²) in [6.45, 7) is 0.871. The summed E-state index contributed by atoms with van der Waals surface area (Å²) in [5.74, 6) is -1.01. The molecular formula is C12H18NO2+. The van der Waals surface area contributed by atoms with Crippen molar-refractivity contribution in [2.75, 3.05) is 27.7 Å². The first-order chi connectivity index (χ1) is 7.72. The van der Waals surface area contributed by atoms with Gasteiger partial charge in [0.2, 0.25) is 0 Å². The lowest BCUT2D eigenvalue weighted by atomic mass is 9.99. The van der Waals surface area contributed by atoms with Crippen LogP contribution < -0.4 is 0 Å². The van der Waals surface area contributed by atoms with Crippen LogP contribution >= 0.6 is 0 Å². The molecule has 3 heteroatoms. The third kappa shape index (κ3) is 4.21. The first-order valence-corrected chi connectivity index (χ1v) is 5.00. The molecule has 0 spiro atoms. The maximum Gasteiger partial charge on any atom is 0.182 e. The van der Waals surface area contributed by atoms with E-state index in [1.807, 2.05) is 21.1 Å². The lowest BCUT2D eigenvalue weighted by Gasteiger charge is -2.23. The fourth-order valence-electron chi connectivity index (χ4n) is 1.37. The molecule has 0 aromatic rings. The van der Waals surface area contributed by atoms with Gasteiger partial charge >= 0.3 is 0 Å². The molecule has 0 N–H and O–H groups in total. The number of nitrogens with zero attached hydrogens (tertiary/aromatic N) is 1. The Kier molecular flexibility index (Phi) is 2.73. The van der Waals surface area contributed by atoms with E-state index < -0.39 is 5.78 Å². The highest BCUT2D eigenvalue weighted by molar-refractivity contribution is 6.17. The summed E-state index contributed by atoms with van der Waals surface area (Å²) >= 11 is 0. The van der Waals surface area contributed by atoms with Gasteiger partial charge < -0.3 is 4.48 Å². The third-order valence-electron chi connectivity index (χ3n) is 2.15. The van der Waals surface area contributed by atoms with Crippen LogP contribution in [0.4, 0.5) is 0 Å². The van der Waals surface area contributed by atoms with Gasteiger partial charge in [-0.2, -0.15) is 0 Å². The molecule has 0 radical (unpaired) electrons. The summed E-state index contributed by atoms with van der Waals surface area (Å²) in [7, 11) is 6.14. The largest absolute Gasteiger partial charge is 0.331 e. The van der Waals surface area contributed by atoms with Gasteiger partial charge in [0, 0.05) is 12.0 Å². The van der Waals surface area contributed by atoms with Gasteiger partial charge in [0.1, 0.15) is 0 Å². The number of allylic oxidation sites excluding steroid dienone is 4. The van der Waals surface area contributed by atoms with Crippen molar-refractivity contribution in [3.05, 3.63) is 23.8 Å². The van der Waals surface area contributed by atoms with Crippen LogP contribution in [-0.2, 0) is 9.59 Å². The third-order valence-corrected chi connectivity index (χ3v) is 2.15. The number of ketones is 2. The van der Waals surface area contributed by atoms with Crippen molar-refractivity contribution in [3.63, 3.8) is 0 Å². The maximum absolute atomic E-state index is 11.6. The molecule has 15 heavy (non-hydrogen) atoms. The van der Waals surface area contributed by atoms with E-state index in [1.54, 1.807) is 0 Å². The lowest BCUT2D eigenvalue weighted by Crippen LogP contribution is -2.35. The van der Waals surface area contributed by atoms with Crippen LogP contribution in [0.5, 0.6) is 0 Å². The van der Waals surface area contributed by atoms with E-state index >= 15 is 0 Å². The van der Waals surface area contributed by atoms with Gasteiger partial charge in [0.25, 0.3) is 0 Å². The van der Waals surface area contributed by atoms with E-state index in [2.05, 4.69) is 0 Å². The number of hydrogen-bond acceptors (Lipinski definition) is 2. The molecule has 0 aromatic heterocycles. The smallest absolute Gasteiger partial charge is 0.182 e. The zero-order chi connectivity index (χ0) is 13.2. The van der Waals surface area contributed by atoms with Gasteiger partial charge in [-0.05, 0) is 24.6 Å². The van der Waals surface area contributed by atoms with E-state index in [4.69, 9.17) is 2.74 Å². The molecule has 0 saturated carbocycles. The zero-order valence-electron chi connectivity index (χ0n) is 11.5. The summed E-state index contributed by atoms with van der Waals surface area (Å²) in [6.07, 6.45) is 2.20. The highest BCUT2D eigenvalue weighted by Gasteiger charge is 2.14. The van der Waals surface area contributed by atoms with Crippen molar-refractivity contribution >= 4 is 11.6 Å². The van der Waals surface area contributed by atoms with E-state index in [0.717, 1.165) is 23.5 Å². The number of carbonyl (C=O) groups excluding carboxylic acids is 2. The fraction of sp³-hybridized carbons (Fsp3) is 0.500. The van der Waals surface area contributed by atoms with E-state index in [0.29, 0.717) is 6.42 Å². The summed E-state index contributed by atoms with van der Waals surface area (Å²) in [5.41, 5.74) is 0.249. The van der Waals surface area contributed by atoms with Crippen LogP contribution in [0.3, 0.4) is 0 Å². The second-order valence-corrected chi connectivity index (χ2v) is 4.70. The summed E-state index contributed by atoms with van der Waals surface area (Å²) in [5, 5.41) is 0. The first-order valence-electron chi connectivity index (χ1n) is 6.00. The molecule has 0 fully saturated rings. The minimum absolute atomic E-state index is 0.249. The highest BCUT2D eigenvalue weighted by atomic mass is 16.1. The monoisotopic (exact) mass is 212 g/mol. The van der Waals surface area contributed by atoms with E-state index in [-0.39, 0.29) is 23.5 Å². The predicted octanol–water partition coefficient (Wildman–Crippen LogP) is 1.11. The molecule has 0 saturated heterocycles. The van der Waals surface area contributed by atoms with Gasteiger partial charge in [0.15, 0.2) is 11.6 Å². The molecule has 0 aromatic carbocycles. The van der Waals surface area contributed by atoms with Crippen molar-refractivity contribution in [1.29, 1.82) is 0 Å². The standard InChI is InChI=1S/C12H18NO2/c1-13(2,3)8-4-5-10-9-11(14)6-7-12(10)15/h6-7,9H,4-5,8H2,1-3H3/q+1/i6T,9T. The van der Waals surface area contributed by atoms with Crippen molar-refractivity contribution in [3.8, 4) is 0 Å². The number of quaternary nitrogens is 1. The molecular weight excluding hydrogens is 190 g/mol. The number of rotatable bonds is 4. The molecule has 82 valence electrons. The second kappa shape index (κ2) is 4.53. The van der Waals surface area contributed by atoms with Crippen molar-refractivity contribution in [2.24, 2.45) is 0 Å². The van der Waals surface area contributed by atoms with Gasteiger partial charge in [-0.1, -0.05) is 0 Å². The molecule has 0 aliphatic heterocycles. The average Bonchev–Trinajstić information content (AvgIpc) is 2.18. The molecule has 1 rings (SSSR count). The Morgan fingerprint density at radius 1 is 1.33 bits per heavy atom. The molecule has 0 heterocycles.